The van der Waals surface area contributed by atoms with Gasteiger partial charge in [0.15, 0.2) is 0 Å². The lowest BCUT2D eigenvalue weighted by molar-refractivity contribution is -0.393. The first-order valence-corrected chi connectivity index (χ1v) is 8.07. The predicted molar refractivity (Wildman–Crippen MR) is 94.5 cm³/mol. The summed E-state index contributed by atoms with van der Waals surface area (Å²) in [6, 6.07) is 3.45. The molecular formula is C17H20N4O4. The number of rotatable bonds is 5. The van der Waals surface area contributed by atoms with Gasteiger partial charge >= 0.3 is 5.69 Å². The van der Waals surface area contributed by atoms with Crippen molar-refractivity contribution in [2.24, 2.45) is 27.8 Å². The number of hydrogen-bond acceptors (Lipinski definition) is 6. The van der Waals surface area contributed by atoms with E-state index in [1.165, 1.54) is 12.1 Å². The number of hydrazone groups is 1. The van der Waals surface area contributed by atoms with Crippen LogP contribution in [0.1, 0.15) is 27.2 Å². The summed E-state index contributed by atoms with van der Waals surface area (Å²) in [4.78, 5) is 20.6. The summed E-state index contributed by atoms with van der Waals surface area (Å²) in [7, 11) is 0. The molecule has 8 heteroatoms. The monoisotopic (exact) mass is 344 g/mol. The molecule has 1 aromatic carbocycles. The van der Waals surface area contributed by atoms with Crippen LogP contribution in [0.15, 0.2) is 35.5 Å². The number of fused-ring (bicyclic) bond motifs is 1. The lowest BCUT2D eigenvalue weighted by Crippen LogP contribution is -2.54. The van der Waals surface area contributed by atoms with E-state index in [-0.39, 0.29) is 27.9 Å². The first kappa shape index (κ1) is 17.1. The molecule has 8 nitrogen and oxygen atoms in total. The van der Waals surface area contributed by atoms with Crippen LogP contribution in [0.25, 0.3) is 0 Å². The maximum Gasteiger partial charge on any atom is 0.301 e. The fourth-order valence-electron chi connectivity index (χ4n) is 4.03. The lowest BCUT2D eigenvalue weighted by Gasteiger charge is -2.60. The van der Waals surface area contributed by atoms with Crippen LogP contribution < -0.4 is 5.43 Å². The van der Waals surface area contributed by atoms with Crippen molar-refractivity contribution in [1.82, 2.24) is 0 Å². The van der Waals surface area contributed by atoms with E-state index in [1.54, 1.807) is 6.21 Å². The summed E-state index contributed by atoms with van der Waals surface area (Å²) in [5.41, 5.74) is 2.09. The van der Waals surface area contributed by atoms with Crippen molar-refractivity contribution in [3.63, 3.8) is 0 Å². The maximum atomic E-state index is 11.1. The summed E-state index contributed by atoms with van der Waals surface area (Å²) in [6.07, 6.45) is 7.26. The molecule has 0 radical (unpaired) electrons. The third-order valence-electron chi connectivity index (χ3n) is 5.70. The molecule has 4 rings (SSSR count). The SMILES string of the molecule is CC1(C)[C@H]2C[C@@H]1C=C[C@@]2(C)/C=N/Nc1ccc([N+](=O)[O-])cc1[N+](=O)[O-]. The Morgan fingerprint density at radius 3 is 2.52 bits per heavy atom. The van der Waals surface area contributed by atoms with Gasteiger partial charge in [-0.2, -0.15) is 5.10 Å². The van der Waals surface area contributed by atoms with Crippen molar-refractivity contribution < 1.29 is 9.85 Å². The number of nitrogens with zero attached hydrogens (tertiary/aromatic N) is 3. The summed E-state index contributed by atoms with van der Waals surface area (Å²) in [6.45, 7) is 6.59. The quantitative estimate of drug-likeness (QED) is 0.373. The van der Waals surface area contributed by atoms with Crippen LogP contribution in [0, 0.1) is 42.9 Å². The molecule has 0 aromatic heterocycles. The average molecular weight is 344 g/mol. The second kappa shape index (κ2) is 5.65. The fourth-order valence-corrected chi connectivity index (χ4v) is 4.03. The van der Waals surface area contributed by atoms with Gasteiger partial charge in [-0.1, -0.05) is 32.9 Å². The van der Waals surface area contributed by atoms with Crippen LogP contribution in [0.2, 0.25) is 0 Å². The average Bonchev–Trinajstić information content (AvgIpc) is 2.54. The summed E-state index contributed by atoms with van der Waals surface area (Å²) in [5, 5.41) is 26.1. The van der Waals surface area contributed by atoms with Crippen LogP contribution >= 0.6 is 0 Å². The molecule has 3 aliphatic carbocycles. The van der Waals surface area contributed by atoms with E-state index in [4.69, 9.17) is 0 Å². The van der Waals surface area contributed by atoms with E-state index in [1.807, 2.05) is 0 Å². The van der Waals surface area contributed by atoms with Gasteiger partial charge in [0.25, 0.3) is 5.69 Å². The maximum absolute atomic E-state index is 11.1. The minimum atomic E-state index is -0.664. The minimum Gasteiger partial charge on any atom is -0.272 e. The van der Waals surface area contributed by atoms with Gasteiger partial charge < -0.3 is 0 Å². The Labute approximate surface area is 144 Å². The van der Waals surface area contributed by atoms with Gasteiger partial charge in [-0.15, -0.1) is 0 Å². The molecule has 25 heavy (non-hydrogen) atoms. The Morgan fingerprint density at radius 2 is 1.96 bits per heavy atom. The van der Waals surface area contributed by atoms with Crippen LogP contribution in [0.5, 0.6) is 0 Å². The number of hydrogen-bond donors (Lipinski definition) is 1. The van der Waals surface area contributed by atoms with Crippen molar-refractivity contribution >= 4 is 23.3 Å². The Hall–Kier alpha value is -2.77. The third kappa shape index (κ3) is 2.77. The van der Waals surface area contributed by atoms with Crippen LogP contribution in [0.4, 0.5) is 17.1 Å². The summed E-state index contributed by atoms with van der Waals surface area (Å²) in [5.74, 6) is 1.06. The van der Waals surface area contributed by atoms with E-state index < -0.39 is 9.85 Å². The standard InChI is InChI=1S/C17H20N4O4/c1-16(2)11-6-7-17(3,15(16)8-11)10-18-19-13-5-4-12(20(22)23)9-14(13)21(24)25/h4-7,9-11,15,19H,8H2,1-3H3/b18-10+/t11-,15+,17-/m0/s1. The van der Waals surface area contributed by atoms with Gasteiger partial charge in [0.1, 0.15) is 5.69 Å². The molecule has 1 fully saturated rings. The number of nitrogens with one attached hydrogen (secondary N) is 1. The van der Waals surface area contributed by atoms with E-state index in [0.717, 1.165) is 12.5 Å². The van der Waals surface area contributed by atoms with Crippen LogP contribution in [0.3, 0.4) is 0 Å². The van der Waals surface area contributed by atoms with E-state index in [2.05, 4.69) is 43.5 Å². The number of non-ortho nitro benzene ring substituents is 1. The molecule has 1 aromatic rings. The molecule has 2 bridgehead atoms. The Bertz CT molecular complexity index is 802. The first-order chi connectivity index (χ1) is 11.6. The minimum absolute atomic E-state index is 0.126. The fraction of sp³-hybridized carbons (Fsp3) is 0.471. The van der Waals surface area contributed by atoms with Crippen molar-refractivity contribution in [2.75, 3.05) is 5.43 Å². The summed E-state index contributed by atoms with van der Waals surface area (Å²) >= 11 is 0. The molecule has 0 heterocycles. The largest absolute Gasteiger partial charge is 0.301 e. The number of benzene rings is 1. The highest BCUT2D eigenvalue weighted by Crippen LogP contribution is 2.62. The van der Waals surface area contributed by atoms with Crippen molar-refractivity contribution in [2.45, 2.75) is 27.2 Å². The van der Waals surface area contributed by atoms with Gasteiger partial charge in [-0.05, 0) is 29.7 Å². The molecule has 132 valence electrons. The third-order valence-corrected chi connectivity index (χ3v) is 5.70. The van der Waals surface area contributed by atoms with Gasteiger partial charge in [-0.3, -0.25) is 25.7 Å². The molecule has 3 atom stereocenters. The zero-order valence-electron chi connectivity index (χ0n) is 14.3. The number of nitro groups is 2. The van der Waals surface area contributed by atoms with E-state index in [0.29, 0.717) is 11.8 Å². The molecular weight excluding hydrogens is 324 g/mol. The highest BCUT2D eigenvalue weighted by Gasteiger charge is 2.56. The Kier molecular flexibility index (Phi) is 3.85. The van der Waals surface area contributed by atoms with Crippen molar-refractivity contribution in [3.05, 3.63) is 50.6 Å². The zero-order valence-corrected chi connectivity index (χ0v) is 14.3. The molecule has 0 saturated heterocycles. The lowest BCUT2D eigenvalue weighted by atomic mass is 9.44. The molecule has 0 aliphatic heterocycles. The van der Waals surface area contributed by atoms with Gasteiger partial charge in [-0.25, -0.2) is 0 Å². The van der Waals surface area contributed by atoms with Crippen molar-refractivity contribution in [1.29, 1.82) is 0 Å². The van der Waals surface area contributed by atoms with E-state index in [9.17, 15) is 20.2 Å². The molecule has 1 saturated carbocycles. The Morgan fingerprint density at radius 1 is 1.24 bits per heavy atom. The van der Waals surface area contributed by atoms with Crippen LogP contribution in [-0.4, -0.2) is 16.1 Å². The van der Waals surface area contributed by atoms with Crippen molar-refractivity contribution in [3.8, 4) is 0 Å². The zero-order chi connectivity index (χ0) is 18.4. The van der Waals surface area contributed by atoms with Gasteiger partial charge in [0, 0.05) is 17.7 Å². The second-order valence-electron chi connectivity index (χ2n) is 7.53. The van der Waals surface area contributed by atoms with Crippen LogP contribution in [-0.2, 0) is 0 Å². The molecule has 0 spiro atoms. The number of nitro benzene ring substituents is 2. The molecule has 0 unspecified atom stereocenters. The van der Waals surface area contributed by atoms with Gasteiger partial charge in [0.2, 0.25) is 0 Å². The topological polar surface area (TPSA) is 111 Å². The van der Waals surface area contributed by atoms with Gasteiger partial charge in [0.05, 0.1) is 15.9 Å². The number of allylic oxidation sites excluding steroid dienone is 2. The number of anilines is 1. The molecule has 3 aliphatic rings. The summed E-state index contributed by atoms with van der Waals surface area (Å²) < 4.78 is 0. The molecule has 1 N–H and O–H groups in total. The highest BCUT2D eigenvalue weighted by molar-refractivity contribution is 5.73. The normalized spacial score (nSPS) is 29.2. The second-order valence-corrected chi connectivity index (χ2v) is 7.53. The first-order valence-electron chi connectivity index (χ1n) is 8.07. The molecule has 0 amide bonds. The highest BCUT2D eigenvalue weighted by atomic mass is 16.6. The smallest absolute Gasteiger partial charge is 0.272 e. The van der Waals surface area contributed by atoms with E-state index >= 15 is 0 Å². The predicted octanol–water partition coefficient (Wildman–Crippen LogP) is 4.14. The Balaban J connectivity index is 1.81.